The van der Waals surface area contributed by atoms with Gasteiger partial charge in [0.05, 0.1) is 18.3 Å². The average Bonchev–Trinajstić information content (AvgIpc) is 3.59. The van der Waals surface area contributed by atoms with Gasteiger partial charge in [0.2, 0.25) is 11.8 Å². The van der Waals surface area contributed by atoms with Gasteiger partial charge in [0, 0.05) is 28.5 Å². The Balaban J connectivity index is 1.36. The van der Waals surface area contributed by atoms with Crippen molar-refractivity contribution in [3.8, 4) is 22.3 Å². The zero-order chi connectivity index (χ0) is 24.5. The van der Waals surface area contributed by atoms with Crippen molar-refractivity contribution in [1.29, 1.82) is 0 Å². The van der Waals surface area contributed by atoms with Crippen LogP contribution in [-0.2, 0) is 11.3 Å². The summed E-state index contributed by atoms with van der Waals surface area (Å²) in [6, 6.07) is 13.9. The van der Waals surface area contributed by atoms with Crippen molar-refractivity contribution in [2.45, 2.75) is 32.4 Å². The summed E-state index contributed by atoms with van der Waals surface area (Å²) >= 11 is 1.19. The third kappa shape index (κ3) is 4.45. The molecule has 0 spiro atoms. The van der Waals surface area contributed by atoms with Gasteiger partial charge in [-0.25, -0.2) is 4.98 Å². The SMILES string of the molecule is Cc1nc(-c2ccccc2)sc1C(=O)N=NC(=O)c1ccc2c(O)n(CC3CCCO3)c(O)c2c1. The van der Waals surface area contributed by atoms with Gasteiger partial charge in [0.15, 0.2) is 0 Å². The van der Waals surface area contributed by atoms with E-state index in [-0.39, 0.29) is 23.4 Å². The smallest absolute Gasteiger partial charge is 0.307 e. The lowest BCUT2D eigenvalue weighted by atomic mass is 10.1. The molecule has 1 fully saturated rings. The maximum Gasteiger partial charge on any atom is 0.307 e. The number of benzene rings is 2. The molecule has 0 radical (unpaired) electrons. The van der Waals surface area contributed by atoms with Crippen molar-refractivity contribution in [3.05, 3.63) is 64.7 Å². The number of amides is 2. The first-order valence-corrected chi connectivity index (χ1v) is 11.9. The van der Waals surface area contributed by atoms with Crippen molar-refractivity contribution < 1.29 is 24.5 Å². The number of nitrogens with zero attached hydrogens (tertiary/aromatic N) is 4. The molecule has 1 aliphatic heterocycles. The Bertz CT molecular complexity index is 1450. The molecule has 1 saturated heterocycles. The zero-order valence-electron chi connectivity index (χ0n) is 18.8. The number of hydrogen-bond acceptors (Lipinski definition) is 7. The molecule has 4 aromatic rings. The molecule has 2 aromatic heterocycles. The fourth-order valence-corrected chi connectivity index (χ4v) is 5.06. The highest BCUT2D eigenvalue weighted by atomic mass is 32.1. The maximum atomic E-state index is 12.6. The van der Waals surface area contributed by atoms with Crippen molar-refractivity contribution in [3.63, 3.8) is 0 Å². The molecule has 5 rings (SSSR count). The predicted molar refractivity (Wildman–Crippen MR) is 130 cm³/mol. The second kappa shape index (κ2) is 9.40. The van der Waals surface area contributed by atoms with E-state index in [4.69, 9.17) is 4.74 Å². The fourth-order valence-electron chi connectivity index (χ4n) is 4.11. The summed E-state index contributed by atoms with van der Waals surface area (Å²) in [4.78, 5) is 30.0. The Morgan fingerprint density at radius 1 is 1.09 bits per heavy atom. The van der Waals surface area contributed by atoms with Crippen molar-refractivity contribution in [2.75, 3.05) is 6.61 Å². The monoisotopic (exact) mass is 490 g/mol. The predicted octanol–water partition coefficient (Wildman–Crippen LogP) is 5.10. The van der Waals surface area contributed by atoms with Gasteiger partial charge in [-0.1, -0.05) is 30.3 Å². The number of hydrogen-bond donors (Lipinski definition) is 2. The van der Waals surface area contributed by atoms with E-state index in [1.165, 1.54) is 34.1 Å². The molecule has 3 heterocycles. The quantitative estimate of drug-likeness (QED) is 0.375. The minimum absolute atomic E-state index is 0.0906. The Hall–Kier alpha value is -3.89. The van der Waals surface area contributed by atoms with Crippen LogP contribution in [0.25, 0.3) is 21.3 Å². The Morgan fingerprint density at radius 3 is 2.57 bits per heavy atom. The highest BCUT2D eigenvalue weighted by Gasteiger charge is 2.23. The number of aromatic nitrogens is 2. The Kier molecular flexibility index (Phi) is 6.14. The first-order chi connectivity index (χ1) is 16.9. The number of aromatic hydroxyl groups is 2. The minimum Gasteiger partial charge on any atom is -0.494 e. The molecule has 0 bridgehead atoms. The molecule has 2 N–H and O–H groups in total. The van der Waals surface area contributed by atoms with Crippen molar-refractivity contribution in [2.24, 2.45) is 10.2 Å². The largest absolute Gasteiger partial charge is 0.494 e. The van der Waals surface area contributed by atoms with Gasteiger partial charge < -0.3 is 14.9 Å². The normalized spacial score (nSPS) is 15.9. The van der Waals surface area contributed by atoms with Crippen LogP contribution in [0.5, 0.6) is 11.8 Å². The van der Waals surface area contributed by atoms with E-state index in [0.717, 1.165) is 18.4 Å². The summed E-state index contributed by atoms with van der Waals surface area (Å²) in [5.74, 6) is -1.65. The topological polar surface area (TPSA) is 126 Å². The van der Waals surface area contributed by atoms with Gasteiger partial charge in [-0.15, -0.1) is 21.6 Å². The lowest BCUT2D eigenvalue weighted by molar-refractivity contribution is 0.0930. The molecule has 9 nitrogen and oxygen atoms in total. The van der Waals surface area contributed by atoms with Crippen molar-refractivity contribution >= 4 is 33.9 Å². The number of ether oxygens (including phenoxy) is 1. The summed E-state index contributed by atoms with van der Waals surface area (Å²) in [7, 11) is 0. The van der Waals surface area contributed by atoms with E-state index in [2.05, 4.69) is 15.2 Å². The molecular weight excluding hydrogens is 468 g/mol. The number of carbonyl (C=O) groups excluding carboxylic acids is 2. The number of aryl methyl sites for hydroxylation is 1. The number of azo groups is 1. The summed E-state index contributed by atoms with van der Waals surface area (Å²) in [6.45, 7) is 2.67. The summed E-state index contributed by atoms with van der Waals surface area (Å²) in [6.07, 6.45) is 1.69. The van der Waals surface area contributed by atoms with Crippen LogP contribution in [0.2, 0.25) is 0 Å². The van der Waals surface area contributed by atoms with E-state index < -0.39 is 11.8 Å². The molecule has 2 amide bonds. The van der Waals surface area contributed by atoms with Gasteiger partial charge in [-0.05, 0) is 38.0 Å². The van der Waals surface area contributed by atoms with Crippen LogP contribution in [0.4, 0.5) is 0 Å². The van der Waals surface area contributed by atoms with E-state index in [1.54, 1.807) is 6.92 Å². The third-order valence-electron chi connectivity index (χ3n) is 5.91. The second-order valence-electron chi connectivity index (χ2n) is 8.26. The van der Waals surface area contributed by atoms with E-state index in [1.807, 2.05) is 30.3 Å². The standard InChI is InChI=1S/C25H22N4O5S/c1-14-20(35-23(26-14)15-6-3-2-4-7-15)22(31)28-27-21(30)16-9-10-18-19(12-16)25(33)29(24(18)32)13-17-8-5-11-34-17/h2-4,6-7,9-10,12,17,32-33H,5,8,11,13H2,1H3. The number of rotatable bonds is 5. The lowest BCUT2D eigenvalue weighted by Gasteiger charge is -2.12. The van der Waals surface area contributed by atoms with Gasteiger partial charge in [-0.2, -0.15) is 0 Å². The van der Waals surface area contributed by atoms with Crippen LogP contribution in [0.1, 0.15) is 38.6 Å². The van der Waals surface area contributed by atoms with E-state index in [9.17, 15) is 19.8 Å². The van der Waals surface area contributed by atoms with Crippen molar-refractivity contribution in [1.82, 2.24) is 9.55 Å². The molecule has 2 aromatic carbocycles. The molecule has 1 atom stereocenters. The zero-order valence-corrected chi connectivity index (χ0v) is 19.7. The minimum atomic E-state index is -0.739. The van der Waals surface area contributed by atoms with Crippen LogP contribution in [0.3, 0.4) is 0 Å². The van der Waals surface area contributed by atoms with Gasteiger partial charge in [0.1, 0.15) is 9.88 Å². The van der Waals surface area contributed by atoms with E-state index >= 15 is 0 Å². The Labute approximate surface area is 204 Å². The molecule has 0 aliphatic carbocycles. The summed E-state index contributed by atoms with van der Waals surface area (Å²) in [5.41, 5.74) is 1.53. The van der Waals surface area contributed by atoms with Crippen LogP contribution in [-0.4, -0.2) is 44.3 Å². The molecule has 35 heavy (non-hydrogen) atoms. The molecular formula is C25H22N4O5S. The molecule has 1 unspecified atom stereocenters. The lowest BCUT2D eigenvalue weighted by Crippen LogP contribution is -2.14. The van der Waals surface area contributed by atoms with Crippen LogP contribution in [0, 0.1) is 6.92 Å². The average molecular weight is 491 g/mol. The number of thiazole rings is 1. The first kappa shape index (κ1) is 22.9. The van der Waals surface area contributed by atoms with E-state index in [0.29, 0.717) is 39.5 Å². The summed E-state index contributed by atoms with van der Waals surface area (Å²) < 4.78 is 6.96. The molecule has 10 heteroatoms. The third-order valence-corrected chi connectivity index (χ3v) is 7.11. The Morgan fingerprint density at radius 2 is 1.83 bits per heavy atom. The molecule has 178 valence electrons. The summed E-state index contributed by atoms with van der Waals surface area (Å²) in [5, 5.41) is 29.8. The number of carbonyl (C=O) groups is 2. The van der Waals surface area contributed by atoms with Gasteiger partial charge in [0.25, 0.3) is 5.91 Å². The highest BCUT2D eigenvalue weighted by molar-refractivity contribution is 7.17. The van der Waals surface area contributed by atoms with Crippen LogP contribution < -0.4 is 0 Å². The second-order valence-corrected chi connectivity index (χ2v) is 9.26. The first-order valence-electron chi connectivity index (χ1n) is 11.1. The van der Waals surface area contributed by atoms with Crippen LogP contribution in [0.15, 0.2) is 58.8 Å². The van der Waals surface area contributed by atoms with Crippen LogP contribution >= 0.6 is 11.3 Å². The maximum absolute atomic E-state index is 12.6. The van der Waals surface area contributed by atoms with Gasteiger partial charge >= 0.3 is 5.91 Å². The fraction of sp³-hybridized carbons (Fsp3) is 0.240. The highest BCUT2D eigenvalue weighted by Crippen LogP contribution is 2.38. The van der Waals surface area contributed by atoms with Gasteiger partial charge in [-0.3, -0.25) is 14.2 Å². The molecule has 1 aliphatic rings. The molecule has 0 saturated carbocycles. The number of fused-ring (bicyclic) bond motifs is 1.